The Morgan fingerprint density at radius 3 is 3.11 bits per heavy atom. The Kier molecular flexibility index (Phi) is 3.90. The van der Waals surface area contributed by atoms with E-state index in [9.17, 15) is 9.59 Å². The van der Waals surface area contributed by atoms with Crippen LogP contribution in [0.5, 0.6) is 0 Å². The molecule has 1 aliphatic rings. The van der Waals surface area contributed by atoms with Crippen LogP contribution in [0.25, 0.3) is 0 Å². The van der Waals surface area contributed by atoms with Crippen LogP contribution in [0.15, 0.2) is 6.20 Å². The van der Waals surface area contributed by atoms with Crippen molar-refractivity contribution in [1.82, 2.24) is 10.2 Å². The van der Waals surface area contributed by atoms with Gasteiger partial charge in [0.15, 0.2) is 5.69 Å². The minimum Gasteiger partial charge on any atom is -0.461 e. The highest BCUT2D eigenvalue weighted by atomic mass is 32.1. The van der Waals surface area contributed by atoms with E-state index in [1.807, 2.05) is 0 Å². The smallest absolute Gasteiger partial charge is 0.358 e. The Balaban J connectivity index is 2.21. The molecule has 0 saturated carbocycles. The van der Waals surface area contributed by atoms with E-state index in [0.717, 1.165) is 0 Å². The quantitative estimate of drug-likeness (QED) is 0.628. The van der Waals surface area contributed by atoms with Gasteiger partial charge in [0.05, 0.1) is 18.5 Å². The summed E-state index contributed by atoms with van der Waals surface area (Å²) in [6.45, 7) is 2.57. The van der Waals surface area contributed by atoms with Gasteiger partial charge in [-0.1, -0.05) is 0 Å². The molecule has 0 radical (unpaired) electrons. The van der Waals surface area contributed by atoms with Crippen molar-refractivity contribution < 1.29 is 14.3 Å². The van der Waals surface area contributed by atoms with Crippen LogP contribution in [0.3, 0.4) is 0 Å². The molecule has 1 saturated heterocycles. The highest BCUT2D eigenvalue weighted by molar-refractivity contribution is 7.80. The topological polar surface area (TPSA) is 75.3 Å². The number of carbonyl (C=O) groups excluding carboxylic acids is 2. The second-order valence-corrected chi connectivity index (χ2v) is 4.47. The number of esters is 1. The minimum atomic E-state index is -0.493. The van der Waals surface area contributed by atoms with E-state index in [0.29, 0.717) is 24.4 Å². The van der Waals surface area contributed by atoms with E-state index in [1.165, 1.54) is 6.20 Å². The minimum absolute atomic E-state index is 0.0130. The molecule has 0 aromatic carbocycles. The zero-order chi connectivity index (χ0) is 13.1. The fraction of sp³-hybridized carbons (Fsp3) is 0.545. The van der Waals surface area contributed by atoms with E-state index in [1.54, 1.807) is 11.8 Å². The van der Waals surface area contributed by atoms with Gasteiger partial charge in [-0.25, -0.2) is 4.79 Å². The van der Waals surface area contributed by atoms with Crippen LogP contribution < -0.4 is 4.90 Å². The first-order valence-corrected chi connectivity index (χ1v) is 6.42. The molecule has 98 valence electrons. The second kappa shape index (κ2) is 5.43. The fourth-order valence-electron chi connectivity index (χ4n) is 1.97. The van der Waals surface area contributed by atoms with Crippen molar-refractivity contribution in [2.75, 3.05) is 23.8 Å². The number of nitrogens with zero attached hydrogens (tertiary/aromatic N) is 2. The number of aromatic amines is 1. The van der Waals surface area contributed by atoms with Crippen molar-refractivity contribution in [2.24, 2.45) is 5.92 Å². The number of thiol groups is 1. The second-order valence-electron chi connectivity index (χ2n) is 4.11. The number of amides is 1. The SMILES string of the molecule is CCOC(=O)c1[nH]ncc1N1CC(CS)CC1=O. The van der Waals surface area contributed by atoms with Crippen molar-refractivity contribution >= 4 is 30.2 Å². The van der Waals surface area contributed by atoms with Crippen LogP contribution in [-0.2, 0) is 9.53 Å². The van der Waals surface area contributed by atoms with E-state index in [2.05, 4.69) is 22.8 Å². The molecule has 2 rings (SSSR count). The predicted octanol–water partition coefficient (Wildman–Crippen LogP) is 0.869. The Bertz CT molecular complexity index is 460. The summed E-state index contributed by atoms with van der Waals surface area (Å²) < 4.78 is 4.91. The molecule has 7 heteroatoms. The van der Waals surface area contributed by atoms with Gasteiger partial charge < -0.3 is 9.64 Å². The van der Waals surface area contributed by atoms with Gasteiger partial charge in [-0.05, 0) is 18.6 Å². The molecule has 1 aliphatic heterocycles. The lowest BCUT2D eigenvalue weighted by Gasteiger charge is -2.15. The molecule has 6 nitrogen and oxygen atoms in total. The normalized spacial score (nSPS) is 19.3. The summed E-state index contributed by atoms with van der Waals surface area (Å²) in [5, 5.41) is 6.40. The maximum atomic E-state index is 11.9. The Hall–Kier alpha value is -1.50. The predicted molar refractivity (Wildman–Crippen MR) is 68.9 cm³/mol. The molecule has 0 bridgehead atoms. The summed E-state index contributed by atoms with van der Waals surface area (Å²) in [4.78, 5) is 25.1. The van der Waals surface area contributed by atoms with Crippen LogP contribution >= 0.6 is 12.6 Å². The van der Waals surface area contributed by atoms with Crippen molar-refractivity contribution in [3.05, 3.63) is 11.9 Å². The number of hydrogen-bond acceptors (Lipinski definition) is 5. The van der Waals surface area contributed by atoms with Gasteiger partial charge in [0.25, 0.3) is 0 Å². The molecule has 1 atom stereocenters. The Morgan fingerprint density at radius 1 is 1.72 bits per heavy atom. The standard InChI is InChI=1S/C11H15N3O3S/c1-2-17-11(16)10-8(4-12-13-10)14-5-7(6-18)3-9(14)15/h4,7,18H,2-3,5-6H2,1H3,(H,12,13). The van der Waals surface area contributed by atoms with Gasteiger partial charge in [-0.2, -0.15) is 17.7 Å². The van der Waals surface area contributed by atoms with E-state index < -0.39 is 5.97 Å². The molecular formula is C11H15N3O3S. The Labute approximate surface area is 110 Å². The lowest BCUT2D eigenvalue weighted by molar-refractivity contribution is -0.117. The number of rotatable bonds is 4. The van der Waals surface area contributed by atoms with Gasteiger partial charge in [0.2, 0.25) is 5.91 Å². The largest absolute Gasteiger partial charge is 0.461 e. The van der Waals surface area contributed by atoms with Crippen LogP contribution in [-0.4, -0.2) is 41.0 Å². The number of ether oxygens (including phenoxy) is 1. The third-order valence-electron chi connectivity index (χ3n) is 2.85. The number of H-pyrrole nitrogens is 1. The summed E-state index contributed by atoms with van der Waals surface area (Å²) in [5.41, 5.74) is 0.716. The average Bonchev–Trinajstić information content (AvgIpc) is 2.94. The molecule has 2 heterocycles. The molecule has 1 fully saturated rings. The lowest BCUT2D eigenvalue weighted by Crippen LogP contribution is -2.26. The number of anilines is 1. The van der Waals surface area contributed by atoms with Crippen molar-refractivity contribution in [3.8, 4) is 0 Å². The van der Waals surface area contributed by atoms with E-state index in [-0.39, 0.29) is 24.1 Å². The Morgan fingerprint density at radius 2 is 2.50 bits per heavy atom. The zero-order valence-corrected chi connectivity index (χ0v) is 10.9. The third kappa shape index (κ3) is 2.35. The number of hydrogen-bond donors (Lipinski definition) is 2. The van der Waals surface area contributed by atoms with Gasteiger partial charge in [0, 0.05) is 13.0 Å². The summed E-state index contributed by atoms with van der Waals surface area (Å²) in [7, 11) is 0. The lowest BCUT2D eigenvalue weighted by atomic mass is 10.1. The highest BCUT2D eigenvalue weighted by Crippen LogP contribution is 2.27. The number of aromatic nitrogens is 2. The van der Waals surface area contributed by atoms with Gasteiger partial charge in [-0.3, -0.25) is 9.89 Å². The van der Waals surface area contributed by atoms with Crippen LogP contribution in [0.2, 0.25) is 0 Å². The molecule has 1 aromatic heterocycles. The van der Waals surface area contributed by atoms with Crippen molar-refractivity contribution in [1.29, 1.82) is 0 Å². The molecule has 18 heavy (non-hydrogen) atoms. The summed E-state index contributed by atoms with van der Waals surface area (Å²) in [6, 6.07) is 0. The first kappa shape index (κ1) is 12.9. The summed E-state index contributed by atoms with van der Waals surface area (Å²) in [5.74, 6) is 0.355. The monoisotopic (exact) mass is 269 g/mol. The van der Waals surface area contributed by atoms with Crippen LogP contribution in [0.4, 0.5) is 5.69 Å². The highest BCUT2D eigenvalue weighted by Gasteiger charge is 2.33. The number of carbonyl (C=O) groups is 2. The average molecular weight is 269 g/mol. The van der Waals surface area contributed by atoms with Crippen molar-refractivity contribution in [3.63, 3.8) is 0 Å². The fourth-order valence-corrected chi connectivity index (χ4v) is 2.22. The molecule has 1 unspecified atom stereocenters. The van der Waals surface area contributed by atoms with Gasteiger partial charge in [-0.15, -0.1) is 0 Å². The first-order chi connectivity index (χ1) is 8.67. The molecule has 1 amide bonds. The summed E-state index contributed by atoms with van der Waals surface area (Å²) in [6.07, 6.45) is 1.93. The molecule has 0 aliphatic carbocycles. The maximum absolute atomic E-state index is 11.9. The van der Waals surface area contributed by atoms with Gasteiger partial charge in [0.1, 0.15) is 0 Å². The molecule has 1 N–H and O–H groups in total. The van der Waals surface area contributed by atoms with Crippen LogP contribution in [0.1, 0.15) is 23.8 Å². The van der Waals surface area contributed by atoms with Gasteiger partial charge >= 0.3 is 5.97 Å². The van der Waals surface area contributed by atoms with E-state index >= 15 is 0 Å². The van der Waals surface area contributed by atoms with Crippen LogP contribution in [0, 0.1) is 5.92 Å². The third-order valence-corrected chi connectivity index (χ3v) is 3.37. The van der Waals surface area contributed by atoms with Crippen molar-refractivity contribution in [2.45, 2.75) is 13.3 Å². The molecule has 1 aromatic rings. The molecule has 0 spiro atoms. The maximum Gasteiger partial charge on any atom is 0.358 e. The summed E-state index contributed by atoms with van der Waals surface area (Å²) >= 11 is 4.20. The molecular weight excluding hydrogens is 254 g/mol. The number of nitrogens with one attached hydrogen (secondary N) is 1. The first-order valence-electron chi connectivity index (χ1n) is 5.79. The zero-order valence-electron chi connectivity index (χ0n) is 10.0. The van der Waals surface area contributed by atoms with E-state index in [4.69, 9.17) is 4.74 Å².